The van der Waals surface area contributed by atoms with Crippen LogP contribution in [0.4, 0.5) is 16.2 Å². The van der Waals surface area contributed by atoms with Crippen LogP contribution in [0.3, 0.4) is 0 Å². The first-order valence-corrected chi connectivity index (χ1v) is 9.85. The van der Waals surface area contributed by atoms with Gasteiger partial charge in [0, 0.05) is 28.9 Å². The van der Waals surface area contributed by atoms with Crippen molar-refractivity contribution >= 4 is 58.9 Å². The molecule has 1 aliphatic heterocycles. The van der Waals surface area contributed by atoms with Gasteiger partial charge in [-0.05, 0) is 48.5 Å². The summed E-state index contributed by atoms with van der Waals surface area (Å²) in [7, 11) is 0. The highest BCUT2D eigenvalue weighted by Gasteiger charge is 2.40. The molecule has 1 fully saturated rings. The summed E-state index contributed by atoms with van der Waals surface area (Å²) in [5, 5.41) is 8.83. The second-order valence-electron chi connectivity index (χ2n) is 6.62. The van der Waals surface area contributed by atoms with Gasteiger partial charge < -0.3 is 5.32 Å². The van der Waals surface area contributed by atoms with Crippen LogP contribution in [-0.4, -0.2) is 35.9 Å². The van der Waals surface area contributed by atoms with Crippen molar-refractivity contribution in [3.63, 3.8) is 0 Å². The van der Waals surface area contributed by atoms with Gasteiger partial charge in [0.2, 0.25) is 11.8 Å². The fraction of sp³-hybridized carbons (Fsp3) is 0.143. The fourth-order valence-electron chi connectivity index (χ4n) is 2.75. The zero-order valence-corrected chi connectivity index (χ0v) is 17.6. The van der Waals surface area contributed by atoms with Crippen LogP contribution < -0.4 is 21.0 Å². The number of barbiturate groups is 1. The molecule has 1 atom stereocenters. The number of benzene rings is 2. The zero-order valence-electron chi connectivity index (χ0n) is 16.8. The van der Waals surface area contributed by atoms with Crippen LogP contribution in [0.25, 0.3) is 0 Å². The van der Waals surface area contributed by atoms with Crippen LogP contribution in [0.15, 0.2) is 53.6 Å². The van der Waals surface area contributed by atoms with Crippen LogP contribution in [0, 0.1) is 5.92 Å². The van der Waals surface area contributed by atoms with Gasteiger partial charge in [0.1, 0.15) is 0 Å². The number of halogens is 1. The molecule has 3 rings (SSSR count). The molecule has 0 radical (unpaired) electrons. The summed E-state index contributed by atoms with van der Waals surface area (Å²) in [5.41, 5.74) is 3.23. The monoisotopic (exact) mass is 455 g/mol. The van der Waals surface area contributed by atoms with Gasteiger partial charge in [0.15, 0.2) is 5.92 Å². The molecule has 2 aromatic carbocycles. The van der Waals surface area contributed by atoms with Gasteiger partial charge in [0.25, 0.3) is 11.8 Å². The first-order valence-electron chi connectivity index (χ1n) is 9.48. The van der Waals surface area contributed by atoms with E-state index in [2.05, 4.69) is 21.2 Å². The van der Waals surface area contributed by atoms with Crippen molar-refractivity contribution in [3.8, 4) is 0 Å². The van der Waals surface area contributed by atoms with E-state index in [1.807, 2.05) is 0 Å². The second kappa shape index (κ2) is 9.84. The normalized spacial score (nSPS) is 16.1. The van der Waals surface area contributed by atoms with Gasteiger partial charge in [-0.2, -0.15) is 5.10 Å². The molecule has 10 nitrogen and oxygen atoms in total. The Bertz CT molecular complexity index is 1100. The molecule has 0 aliphatic carbocycles. The van der Waals surface area contributed by atoms with E-state index in [4.69, 9.17) is 11.6 Å². The number of hydrazone groups is 1. The standard InChI is InChI=1S/C21H18ClN5O5/c1-2-17(28)24-14-7-3-12(4-8-14)18(29)26-23-11-16-19(30)25-21(32)27(20(16)31)15-9-5-13(22)6-10-15/h3-11,16H,2H2,1H3,(H,24,28)(H,26,29)(H,25,30,32)/b23-11-/t16-/m0/s1. The van der Waals surface area contributed by atoms with Crippen LogP contribution in [-0.2, 0) is 14.4 Å². The number of carbonyl (C=O) groups is 5. The first-order chi connectivity index (χ1) is 15.3. The third kappa shape index (κ3) is 5.16. The SMILES string of the molecule is CCC(=O)Nc1ccc(C(=O)N/N=C\[C@H]2C(=O)NC(=O)N(c3ccc(Cl)cc3)C2=O)cc1. The summed E-state index contributed by atoms with van der Waals surface area (Å²) in [6, 6.07) is 11.1. The number of hydrogen-bond donors (Lipinski definition) is 3. The highest BCUT2D eigenvalue weighted by Crippen LogP contribution is 2.22. The number of nitrogens with one attached hydrogen (secondary N) is 3. The Balaban J connectivity index is 1.67. The van der Waals surface area contributed by atoms with Crippen molar-refractivity contribution in [1.82, 2.24) is 10.7 Å². The molecule has 32 heavy (non-hydrogen) atoms. The molecule has 3 N–H and O–H groups in total. The number of nitrogens with zero attached hydrogens (tertiary/aromatic N) is 2. The van der Waals surface area contributed by atoms with Crippen LogP contribution in [0.1, 0.15) is 23.7 Å². The lowest BCUT2D eigenvalue weighted by molar-refractivity contribution is -0.131. The number of carbonyl (C=O) groups excluding carboxylic acids is 5. The van der Waals surface area contributed by atoms with E-state index in [-0.39, 0.29) is 17.2 Å². The average molecular weight is 456 g/mol. The number of amides is 6. The predicted octanol–water partition coefficient (Wildman–Crippen LogP) is 2.30. The molecule has 6 amide bonds. The average Bonchev–Trinajstić information content (AvgIpc) is 2.77. The summed E-state index contributed by atoms with van der Waals surface area (Å²) < 4.78 is 0. The quantitative estimate of drug-likeness (QED) is 0.348. The Morgan fingerprint density at radius 3 is 2.38 bits per heavy atom. The second-order valence-corrected chi connectivity index (χ2v) is 7.06. The Kier molecular flexibility index (Phi) is 6.96. The Morgan fingerprint density at radius 2 is 1.75 bits per heavy atom. The maximum Gasteiger partial charge on any atom is 0.335 e. The van der Waals surface area contributed by atoms with Crippen molar-refractivity contribution in [2.24, 2.45) is 11.0 Å². The number of urea groups is 1. The molecule has 0 bridgehead atoms. The van der Waals surface area contributed by atoms with Gasteiger partial charge in [-0.1, -0.05) is 18.5 Å². The predicted molar refractivity (Wildman–Crippen MR) is 117 cm³/mol. The molecule has 164 valence electrons. The number of hydrogen-bond acceptors (Lipinski definition) is 6. The Morgan fingerprint density at radius 1 is 1.09 bits per heavy atom. The molecule has 1 aliphatic rings. The minimum atomic E-state index is -1.42. The van der Waals surface area contributed by atoms with Crippen LogP contribution in [0.2, 0.25) is 5.02 Å². The van der Waals surface area contributed by atoms with E-state index in [0.717, 1.165) is 11.1 Å². The summed E-state index contributed by atoms with van der Waals surface area (Å²) >= 11 is 5.82. The molecule has 0 saturated carbocycles. The maximum atomic E-state index is 12.7. The Labute approximate surface area is 187 Å². The molecular formula is C21H18ClN5O5. The smallest absolute Gasteiger partial charge is 0.326 e. The molecule has 0 aromatic heterocycles. The highest BCUT2D eigenvalue weighted by atomic mass is 35.5. The lowest BCUT2D eigenvalue weighted by atomic mass is 10.1. The lowest BCUT2D eigenvalue weighted by Crippen LogP contribution is -2.58. The zero-order chi connectivity index (χ0) is 23.3. The molecule has 2 aromatic rings. The number of rotatable bonds is 6. The van der Waals surface area contributed by atoms with Crippen LogP contribution >= 0.6 is 11.6 Å². The van der Waals surface area contributed by atoms with E-state index in [1.54, 1.807) is 19.1 Å². The van der Waals surface area contributed by atoms with E-state index < -0.39 is 29.7 Å². The summed E-state index contributed by atoms with van der Waals surface area (Å²) in [4.78, 5) is 61.3. The van der Waals surface area contributed by atoms with E-state index in [0.29, 0.717) is 17.1 Å². The van der Waals surface area contributed by atoms with Gasteiger partial charge >= 0.3 is 6.03 Å². The molecule has 1 saturated heterocycles. The molecule has 11 heteroatoms. The first kappa shape index (κ1) is 22.6. The van der Waals surface area contributed by atoms with E-state index in [1.165, 1.54) is 36.4 Å². The van der Waals surface area contributed by atoms with Crippen molar-refractivity contribution in [1.29, 1.82) is 0 Å². The summed E-state index contributed by atoms with van der Waals surface area (Å²) in [6.07, 6.45) is 1.27. The fourth-order valence-corrected chi connectivity index (χ4v) is 2.87. The maximum absolute atomic E-state index is 12.7. The number of anilines is 2. The highest BCUT2D eigenvalue weighted by molar-refractivity contribution is 6.33. The van der Waals surface area contributed by atoms with Crippen molar-refractivity contribution in [2.45, 2.75) is 13.3 Å². The topological polar surface area (TPSA) is 137 Å². The van der Waals surface area contributed by atoms with Crippen LogP contribution in [0.5, 0.6) is 0 Å². The summed E-state index contributed by atoms with van der Waals surface area (Å²) in [6.45, 7) is 1.72. The lowest BCUT2D eigenvalue weighted by Gasteiger charge is -2.28. The van der Waals surface area contributed by atoms with Gasteiger partial charge in [-0.15, -0.1) is 0 Å². The minimum absolute atomic E-state index is 0.159. The largest absolute Gasteiger partial charge is 0.335 e. The Hall–Kier alpha value is -4.05. The molecule has 1 heterocycles. The summed E-state index contributed by atoms with van der Waals surface area (Å²) in [5.74, 6) is -3.86. The third-order valence-corrected chi connectivity index (χ3v) is 4.68. The van der Waals surface area contributed by atoms with Gasteiger partial charge in [-0.25, -0.2) is 15.1 Å². The van der Waals surface area contributed by atoms with E-state index in [9.17, 15) is 24.0 Å². The molecular weight excluding hydrogens is 438 g/mol. The van der Waals surface area contributed by atoms with Crippen molar-refractivity contribution in [3.05, 3.63) is 59.1 Å². The van der Waals surface area contributed by atoms with Gasteiger partial charge in [-0.3, -0.25) is 24.5 Å². The van der Waals surface area contributed by atoms with Crippen molar-refractivity contribution < 1.29 is 24.0 Å². The van der Waals surface area contributed by atoms with Crippen molar-refractivity contribution in [2.75, 3.05) is 10.2 Å². The van der Waals surface area contributed by atoms with Gasteiger partial charge in [0.05, 0.1) is 5.69 Å². The third-order valence-electron chi connectivity index (χ3n) is 4.43. The van der Waals surface area contributed by atoms with E-state index >= 15 is 0 Å². The minimum Gasteiger partial charge on any atom is -0.326 e. The molecule has 0 unspecified atom stereocenters. The molecule has 0 spiro atoms. The number of imide groups is 2.